The Labute approximate surface area is 188 Å². The molecule has 2 aromatic carbocycles. The van der Waals surface area contributed by atoms with Crippen LogP contribution in [0.4, 0.5) is 5.00 Å². The lowest BCUT2D eigenvalue weighted by Gasteiger charge is -2.41. The number of carbonyl (C=O) groups is 1. The van der Waals surface area contributed by atoms with Gasteiger partial charge in [-0.25, -0.2) is 0 Å². The predicted octanol–water partition coefficient (Wildman–Crippen LogP) is 5.82. The third-order valence-electron chi connectivity index (χ3n) is 5.90. The lowest BCUT2D eigenvalue weighted by atomic mass is 9.93. The number of amides is 1. The highest BCUT2D eigenvalue weighted by atomic mass is 32.1. The van der Waals surface area contributed by atoms with Gasteiger partial charge in [-0.1, -0.05) is 48.5 Å². The average Bonchev–Trinajstić information content (AvgIpc) is 3.02. The van der Waals surface area contributed by atoms with Crippen LogP contribution in [-0.4, -0.2) is 36.1 Å². The van der Waals surface area contributed by atoms with Crippen LogP contribution in [-0.2, 0) is 4.74 Å². The maximum atomic E-state index is 13.0. The third-order valence-corrected chi connectivity index (χ3v) is 7.04. The van der Waals surface area contributed by atoms with E-state index in [1.54, 1.807) is 11.3 Å². The summed E-state index contributed by atoms with van der Waals surface area (Å²) in [6.07, 6.45) is 0.328. The molecule has 162 valence electrons. The first-order chi connectivity index (χ1) is 14.9. The minimum absolute atomic E-state index is 0.0611. The van der Waals surface area contributed by atoms with Crippen molar-refractivity contribution in [3.05, 3.63) is 87.8 Å². The SMILES string of the molecule is Cc1sc(NC(=O)c2ccccc2)c([C@H](c2ccccc2)N2C[C@@H](C)O[C@@H](C)C2)c1C. The van der Waals surface area contributed by atoms with Gasteiger partial charge in [0.15, 0.2) is 0 Å². The summed E-state index contributed by atoms with van der Waals surface area (Å²) in [6, 6.07) is 20.1. The fraction of sp³-hybridized carbons (Fsp3) is 0.346. The molecule has 1 amide bonds. The summed E-state index contributed by atoms with van der Waals surface area (Å²) in [5.41, 5.74) is 4.34. The molecule has 0 bridgehead atoms. The summed E-state index contributed by atoms with van der Waals surface area (Å²) in [5.74, 6) is -0.0707. The van der Waals surface area contributed by atoms with E-state index in [1.807, 2.05) is 30.3 Å². The Bertz CT molecular complexity index is 1020. The normalized spacial score (nSPS) is 20.4. The van der Waals surface area contributed by atoms with E-state index >= 15 is 0 Å². The van der Waals surface area contributed by atoms with E-state index in [4.69, 9.17) is 4.74 Å². The molecule has 1 aliphatic heterocycles. The van der Waals surface area contributed by atoms with Crippen LogP contribution in [0.15, 0.2) is 60.7 Å². The maximum absolute atomic E-state index is 13.0. The van der Waals surface area contributed by atoms with Crippen molar-refractivity contribution in [2.45, 2.75) is 45.9 Å². The van der Waals surface area contributed by atoms with Crippen LogP contribution in [0.5, 0.6) is 0 Å². The number of nitrogens with one attached hydrogen (secondary N) is 1. The number of rotatable bonds is 5. The van der Waals surface area contributed by atoms with E-state index < -0.39 is 0 Å². The van der Waals surface area contributed by atoms with Crippen molar-refractivity contribution in [2.24, 2.45) is 0 Å². The first kappa shape index (κ1) is 21.8. The summed E-state index contributed by atoms with van der Waals surface area (Å²) >= 11 is 1.66. The van der Waals surface area contributed by atoms with Gasteiger partial charge in [0, 0.05) is 29.1 Å². The first-order valence-corrected chi connectivity index (χ1v) is 11.7. The number of hydrogen-bond donors (Lipinski definition) is 1. The van der Waals surface area contributed by atoms with Gasteiger partial charge in [0.25, 0.3) is 5.91 Å². The topological polar surface area (TPSA) is 41.6 Å². The molecule has 1 saturated heterocycles. The van der Waals surface area contributed by atoms with E-state index in [2.05, 4.69) is 68.2 Å². The summed E-state index contributed by atoms with van der Waals surface area (Å²) in [4.78, 5) is 16.7. The minimum Gasteiger partial charge on any atom is -0.373 e. The van der Waals surface area contributed by atoms with Crippen LogP contribution >= 0.6 is 11.3 Å². The summed E-state index contributed by atoms with van der Waals surface area (Å²) in [5, 5.41) is 4.16. The van der Waals surface area contributed by atoms with Gasteiger partial charge < -0.3 is 10.1 Å². The zero-order chi connectivity index (χ0) is 22.0. The van der Waals surface area contributed by atoms with Gasteiger partial charge in [0.2, 0.25) is 0 Å². The monoisotopic (exact) mass is 434 g/mol. The van der Waals surface area contributed by atoms with Gasteiger partial charge in [0.05, 0.1) is 18.2 Å². The van der Waals surface area contributed by atoms with E-state index in [-0.39, 0.29) is 24.2 Å². The minimum atomic E-state index is -0.0707. The Morgan fingerprint density at radius 3 is 2.19 bits per heavy atom. The highest BCUT2D eigenvalue weighted by molar-refractivity contribution is 7.16. The van der Waals surface area contributed by atoms with E-state index in [1.165, 1.54) is 21.6 Å². The van der Waals surface area contributed by atoms with Crippen molar-refractivity contribution in [3.8, 4) is 0 Å². The molecular weight excluding hydrogens is 404 g/mol. The van der Waals surface area contributed by atoms with Crippen LogP contribution in [0.1, 0.15) is 51.8 Å². The molecule has 1 N–H and O–H groups in total. The number of aryl methyl sites for hydroxylation is 1. The average molecular weight is 435 g/mol. The van der Waals surface area contributed by atoms with Gasteiger partial charge in [-0.05, 0) is 51.0 Å². The molecule has 0 saturated carbocycles. The molecule has 0 spiro atoms. The van der Waals surface area contributed by atoms with Crippen molar-refractivity contribution in [1.29, 1.82) is 0 Å². The second-order valence-electron chi connectivity index (χ2n) is 8.37. The van der Waals surface area contributed by atoms with Gasteiger partial charge in [-0.15, -0.1) is 11.3 Å². The number of carbonyl (C=O) groups excluding carboxylic acids is 1. The molecule has 1 aromatic heterocycles. The fourth-order valence-electron chi connectivity index (χ4n) is 4.46. The maximum Gasteiger partial charge on any atom is 0.256 e. The fourth-order valence-corrected chi connectivity index (χ4v) is 5.54. The highest BCUT2D eigenvalue weighted by Crippen LogP contribution is 2.43. The second kappa shape index (κ2) is 9.35. The van der Waals surface area contributed by atoms with Crippen LogP contribution in [0.2, 0.25) is 0 Å². The van der Waals surface area contributed by atoms with Gasteiger partial charge in [0.1, 0.15) is 5.00 Å². The van der Waals surface area contributed by atoms with Crippen molar-refractivity contribution in [2.75, 3.05) is 18.4 Å². The smallest absolute Gasteiger partial charge is 0.256 e. The molecule has 1 fully saturated rings. The number of benzene rings is 2. The molecule has 0 radical (unpaired) electrons. The summed E-state index contributed by atoms with van der Waals surface area (Å²) in [6.45, 7) is 10.3. The van der Waals surface area contributed by atoms with Gasteiger partial charge in [-0.2, -0.15) is 0 Å². The molecule has 4 nitrogen and oxygen atoms in total. The summed E-state index contributed by atoms with van der Waals surface area (Å²) < 4.78 is 6.02. The zero-order valence-corrected chi connectivity index (χ0v) is 19.4. The molecule has 3 atom stereocenters. The molecule has 0 unspecified atom stereocenters. The third kappa shape index (κ3) is 4.74. The van der Waals surface area contributed by atoms with Gasteiger partial charge in [-0.3, -0.25) is 9.69 Å². The number of nitrogens with zero attached hydrogens (tertiary/aromatic N) is 1. The van der Waals surface area contributed by atoms with Crippen LogP contribution in [0.25, 0.3) is 0 Å². The molecular formula is C26H30N2O2S. The molecule has 31 heavy (non-hydrogen) atoms. The Morgan fingerprint density at radius 1 is 1.00 bits per heavy atom. The van der Waals surface area contributed by atoms with Gasteiger partial charge >= 0.3 is 0 Å². The Kier molecular flexibility index (Phi) is 6.56. The second-order valence-corrected chi connectivity index (χ2v) is 9.60. The molecule has 1 aliphatic rings. The summed E-state index contributed by atoms with van der Waals surface area (Å²) in [7, 11) is 0. The largest absolute Gasteiger partial charge is 0.373 e. The van der Waals surface area contributed by atoms with Crippen LogP contribution in [0.3, 0.4) is 0 Å². The number of hydrogen-bond acceptors (Lipinski definition) is 4. The number of thiophene rings is 1. The molecule has 5 heteroatoms. The quantitative estimate of drug-likeness (QED) is 0.550. The molecule has 0 aliphatic carbocycles. The zero-order valence-electron chi connectivity index (χ0n) is 18.6. The molecule has 3 aromatic rings. The van der Waals surface area contributed by atoms with Crippen molar-refractivity contribution < 1.29 is 9.53 Å². The van der Waals surface area contributed by atoms with E-state index in [0.717, 1.165) is 18.1 Å². The Hall–Kier alpha value is -2.47. The van der Waals surface area contributed by atoms with E-state index in [0.29, 0.717) is 5.56 Å². The van der Waals surface area contributed by atoms with Crippen molar-refractivity contribution in [3.63, 3.8) is 0 Å². The predicted molar refractivity (Wildman–Crippen MR) is 128 cm³/mol. The Morgan fingerprint density at radius 2 is 1.58 bits per heavy atom. The molecule has 2 heterocycles. The standard InChI is InChI=1S/C26H30N2O2S/c1-17-15-28(16-18(2)30-17)24(21-11-7-5-8-12-21)23-19(3)20(4)31-26(23)27-25(29)22-13-9-6-10-14-22/h5-14,17-18,24H,15-16H2,1-4H3,(H,27,29)/t17-,18+,24-/m0/s1. The molecule has 4 rings (SSSR count). The van der Waals surface area contributed by atoms with Crippen molar-refractivity contribution >= 4 is 22.2 Å². The first-order valence-electron chi connectivity index (χ1n) is 10.8. The van der Waals surface area contributed by atoms with Crippen LogP contribution in [0, 0.1) is 13.8 Å². The highest BCUT2D eigenvalue weighted by Gasteiger charge is 2.33. The lowest BCUT2D eigenvalue weighted by molar-refractivity contribution is -0.0765. The number of ether oxygens (including phenoxy) is 1. The van der Waals surface area contributed by atoms with E-state index in [9.17, 15) is 4.79 Å². The Balaban J connectivity index is 1.77. The van der Waals surface area contributed by atoms with Crippen molar-refractivity contribution in [1.82, 2.24) is 4.90 Å². The lowest BCUT2D eigenvalue weighted by Crippen LogP contribution is -2.47. The number of morpholine rings is 1. The van der Waals surface area contributed by atoms with Crippen LogP contribution < -0.4 is 5.32 Å². The number of anilines is 1.